The third kappa shape index (κ3) is 4.45. The number of hydrogen-bond acceptors (Lipinski definition) is 3. The van der Waals surface area contributed by atoms with Gasteiger partial charge in [0.25, 0.3) is 0 Å². The maximum atomic E-state index is 5.54. The summed E-state index contributed by atoms with van der Waals surface area (Å²) in [6.07, 6.45) is 0. The fraction of sp³-hybridized carbons (Fsp3) is 0.0556. The van der Waals surface area contributed by atoms with Crippen LogP contribution in [0.1, 0.15) is 25.0 Å². The fourth-order valence-electron chi connectivity index (χ4n) is 10.2. The van der Waals surface area contributed by atoms with Crippen molar-refractivity contribution in [2.24, 2.45) is 0 Å². The first-order valence-corrected chi connectivity index (χ1v) is 20.6. The quantitative estimate of drug-likeness (QED) is 0.179. The number of benzene rings is 8. The highest BCUT2D eigenvalue weighted by molar-refractivity contribution is 6.23. The summed E-state index contributed by atoms with van der Waals surface area (Å²) >= 11 is 0. The highest BCUT2D eigenvalue weighted by Crippen LogP contribution is 2.49. The zero-order chi connectivity index (χ0) is 39.7. The van der Waals surface area contributed by atoms with Crippen molar-refractivity contribution in [3.63, 3.8) is 0 Å². The van der Waals surface area contributed by atoms with Crippen molar-refractivity contribution in [2.45, 2.75) is 19.3 Å². The molecule has 4 aromatic heterocycles. The van der Waals surface area contributed by atoms with Crippen LogP contribution in [0.3, 0.4) is 0 Å². The molecule has 282 valence electrons. The predicted octanol–water partition coefficient (Wildman–Crippen LogP) is 13.1. The van der Waals surface area contributed by atoms with E-state index in [9.17, 15) is 0 Å². The molecule has 12 aromatic rings. The molecule has 0 amide bonds. The van der Waals surface area contributed by atoms with Crippen LogP contribution in [0.4, 0.5) is 0 Å². The van der Waals surface area contributed by atoms with E-state index < -0.39 is 0 Å². The molecule has 1 aliphatic heterocycles. The molecule has 0 fully saturated rings. The molecule has 1 aliphatic rings. The number of fused-ring (bicyclic) bond motifs is 12. The van der Waals surface area contributed by atoms with E-state index in [1.807, 2.05) is 18.2 Å². The molecule has 0 saturated heterocycles. The Kier molecular flexibility index (Phi) is 6.69. The van der Waals surface area contributed by atoms with E-state index >= 15 is 0 Å². The minimum atomic E-state index is -0.281. The van der Waals surface area contributed by atoms with Gasteiger partial charge in [-0.2, -0.15) is 9.97 Å². The van der Waals surface area contributed by atoms with E-state index in [0.29, 0.717) is 17.6 Å². The lowest BCUT2D eigenvalue weighted by Gasteiger charge is -2.35. The van der Waals surface area contributed by atoms with Crippen LogP contribution in [0.25, 0.3) is 106 Å². The molecule has 0 radical (unpaired) electrons. The lowest BCUT2D eigenvalue weighted by Crippen LogP contribution is -2.26. The Balaban J connectivity index is 1.17. The molecule has 6 heteroatoms. The highest BCUT2D eigenvalue weighted by Gasteiger charge is 2.36. The predicted molar refractivity (Wildman–Crippen MR) is 246 cm³/mol. The average Bonchev–Trinajstić information content (AvgIpc) is 3.95. The van der Waals surface area contributed by atoms with Gasteiger partial charge in [0.2, 0.25) is 5.95 Å². The van der Waals surface area contributed by atoms with Crippen LogP contribution >= 0.6 is 0 Å². The minimum absolute atomic E-state index is 0.281. The first-order chi connectivity index (χ1) is 29.5. The van der Waals surface area contributed by atoms with Gasteiger partial charge in [0.15, 0.2) is 11.6 Å². The van der Waals surface area contributed by atoms with Crippen molar-refractivity contribution in [2.75, 3.05) is 0 Å². The van der Waals surface area contributed by atoms with Gasteiger partial charge in [-0.05, 0) is 59.7 Å². The Hall–Kier alpha value is -7.83. The largest absolute Gasteiger partial charge is 0.309 e. The Bertz CT molecular complexity index is 3740. The first-order valence-electron chi connectivity index (χ1n) is 20.6. The monoisotopic (exact) mass is 768 g/mol. The molecule has 0 aliphatic carbocycles. The van der Waals surface area contributed by atoms with E-state index in [2.05, 4.69) is 191 Å². The standard InChI is InChI=1S/C54H36N6/c1-54(2)42-24-12-16-28-47(42)59-45-26-14-11-23-38(45)41-31-34(32-43(54)48(41)59)52-55-51(33-17-5-3-6-18-33)56-53(57-52)60-46-27-15-10-22-37(46)40-30-29-39-36-21-9-13-25-44(36)58(49(39)50(40)60)35-19-7-4-8-20-35/h3-32H,1-2H3. The first kappa shape index (κ1) is 33.2. The summed E-state index contributed by atoms with van der Waals surface area (Å²) in [5.41, 5.74) is 13.2. The Morgan fingerprint density at radius 3 is 1.57 bits per heavy atom. The van der Waals surface area contributed by atoms with Crippen LogP contribution < -0.4 is 0 Å². The third-order valence-corrected chi connectivity index (χ3v) is 12.9. The number of para-hydroxylation sites is 5. The third-order valence-electron chi connectivity index (χ3n) is 12.9. The number of aromatic nitrogens is 6. The van der Waals surface area contributed by atoms with Gasteiger partial charge in [-0.25, -0.2) is 4.98 Å². The van der Waals surface area contributed by atoms with E-state index in [1.54, 1.807) is 0 Å². The van der Waals surface area contributed by atoms with Crippen molar-refractivity contribution in [1.29, 1.82) is 0 Å². The van der Waals surface area contributed by atoms with Crippen molar-refractivity contribution < 1.29 is 0 Å². The minimum Gasteiger partial charge on any atom is -0.309 e. The second-order valence-electron chi connectivity index (χ2n) is 16.5. The molecule has 0 bridgehead atoms. The van der Waals surface area contributed by atoms with Crippen LogP contribution in [0, 0.1) is 0 Å². The maximum absolute atomic E-state index is 5.54. The van der Waals surface area contributed by atoms with Gasteiger partial charge in [0, 0.05) is 54.5 Å². The summed E-state index contributed by atoms with van der Waals surface area (Å²) in [5, 5.41) is 7.05. The molecular weight excluding hydrogens is 733 g/mol. The van der Waals surface area contributed by atoms with E-state index in [4.69, 9.17) is 15.0 Å². The summed E-state index contributed by atoms with van der Waals surface area (Å²) in [6, 6.07) is 65.1. The van der Waals surface area contributed by atoms with Crippen LogP contribution in [0.5, 0.6) is 0 Å². The summed E-state index contributed by atoms with van der Waals surface area (Å²) in [4.78, 5) is 16.3. The van der Waals surface area contributed by atoms with Gasteiger partial charge >= 0.3 is 0 Å². The second-order valence-corrected chi connectivity index (χ2v) is 16.5. The van der Waals surface area contributed by atoms with Crippen molar-refractivity contribution in [3.8, 4) is 40.1 Å². The molecule has 0 atom stereocenters. The normalized spacial score (nSPS) is 13.3. The summed E-state index contributed by atoms with van der Waals surface area (Å²) in [7, 11) is 0. The lowest BCUT2D eigenvalue weighted by atomic mass is 9.74. The van der Waals surface area contributed by atoms with Crippen molar-refractivity contribution in [1.82, 2.24) is 28.7 Å². The Labute approximate surface area is 345 Å². The molecule has 0 N–H and O–H groups in total. The van der Waals surface area contributed by atoms with Gasteiger partial charge in [-0.1, -0.05) is 147 Å². The highest BCUT2D eigenvalue weighted by atomic mass is 15.2. The molecule has 60 heavy (non-hydrogen) atoms. The molecule has 0 unspecified atom stereocenters. The van der Waals surface area contributed by atoms with Crippen LogP contribution in [-0.2, 0) is 5.41 Å². The van der Waals surface area contributed by atoms with E-state index in [-0.39, 0.29) is 5.41 Å². The smallest absolute Gasteiger partial charge is 0.238 e. The molecule has 0 spiro atoms. The van der Waals surface area contributed by atoms with Crippen molar-refractivity contribution in [3.05, 3.63) is 193 Å². The van der Waals surface area contributed by atoms with E-state index in [1.165, 1.54) is 49.4 Å². The second kappa shape index (κ2) is 12.1. The zero-order valence-electron chi connectivity index (χ0n) is 33.0. The lowest BCUT2D eigenvalue weighted by molar-refractivity contribution is 0.630. The van der Waals surface area contributed by atoms with Gasteiger partial charge in [0.05, 0.1) is 38.8 Å². The molecule has 13 rings (SSSR count). The van der Waals surface area contributed by atoms with Gasteiger partial charge < -0.3 is 9.13 Å². The van der Waals surface area contributed by atoms with Crippen molar-refractivity contribution >= 4 is 65.4 Å². The van der Waals surface area contributed by atoms with E-state index in [0.717, 1.165) is 49.7 Å². The van der Waals surface area contributed by atoms with Crippen LogP contribution in [0.2, 0.25) is 0 Å². The maximum Gasteiger partial charge on any atom is 0.238 e. The fourth-order valence-corrected chi connectivity index (χ4v) is 10.2. The summed E-state index contributed by atoms with van der Waals surface area (Å²) in [6.45, 7) is 4.68. The van der Waals surface area contributed by atoms with Gasteiger partial charge in [-0.15, -0.1) is 0 Å². The molecular formula is C54H36N6. The Morgan fingerprint density at radius 1 is 0.367 bits per heavy atom. The molecule has 6 nitrogen and oxygen atoms in total. The van der Waals surface area contributed by atoms with Gasteiger partial charge in [-0.3, -0.25) is 4.57 Å². The number of nitrogens with zero attached hydrogens (tertiary/aromatic N) is 6. The topological polar surface area (TPSA) is 53.5 Å². The average molecular weight is 769 g/mol. The van der Waals surface area contributed by atoms with Crippen LogP contribution in [-0.4, -0.2) is 28.7 Å². The SMILES string of the molecule is CC1(C)c2ccccc2-n2c3ccccc3c3cc(-c4nc(-c5ccccc5)nc(-n5c6ccccc6c6ccc7c8ccccc8n(-c8ccccc8)c7c65)n4)cc1c32. The zero-order valence-corrected chi connectivity index (χ0v) is 33.0. The molecule has 5 heterocycles. The Morgan fingerprint density at radius 2 is 0.883 bits per heavy atom. The summed E-state index contributed by atoms with van der Waals surface area (Å²) in [5.74, 6) is 1.83. The summed E-state index contributed by atoms with van der Waals surface area (Å²) < 4.78 is 7.13. The van der Waals surface area contributed by atoms with Crippen LogP contribution in [0.15, 0.2) is 182 Å². The number of hydrogen-bond donors (Lipinski definition) is 0. The number of rotatable bonds is 4. The molecule has 0 saturated carbocycles. The molecule has 8 aromatic carbocycles. The van der Waals surface area contributed by atoms with Gasteiger partial charge in [0.1, 0.15) is 0 Å².